The minimum absolute atomic E-state index is 0.0746. The number of H-pyrrole nitrogens is 1. The molecule has 38 heavy (non-hydrogen) atoms. The van der Waals surface area contributed by atoms with Crippen LogP contribution < -0.4 is 10.6 Å². The van der Waals surface area contributed by atoms with Crippen LogP contribution in [-0.4, -0.2) is 39.5 Å². The zero-order valence-electron chi connectivity index (χ0n) is 20.8. The van der Waals surface area contributed by atoms with Crippen LogP contribution in [0.2, 0.25) is 0 Å². The number of rotatable bonds is 6. The first-order valence-electron chi connectivity index (χ1n) is 12.6. The van der Waals surface area contributed by atoms with Gasteiger partial charge in [-0.2, -0.15) is 0 Å². The van der Waals surface area contributed by atoms with Crippen LogP contribution in [0.5, 0.6) is 0 Å². The molecular weight excluding hydrogens is 547 g/mol. The Balaban J connectivity index is 1.26. The number of fused-ring (bicyclic) bond motifs is 3. The van der Waals surface area contributed by atoms with Gasteiger partial charge in [-0.3, -0.25) is 9.79 Å². The normalized spacial score (nSPS) is 18.3. The molecule has 2 aromatic carbocycles. The van der Waals surface area contributed by atoms with Crippen molar-refractivity contribution in [2.45, 2.75) is 31.8 Å². The number of aromatic nitrogens is 3. The highest BCUT2D eigenvalue weighted by Gasteiger charge is 2.29. The molecule has 1 aliphatic carbocycles. The predicted octanol–water partition coefficient (Wildman–Crippen LogP) is 6.04. The van der Waals surface area contributed by atoms with Gasteiger partial charge < -0.3 is 15.6 Å². The van der Waals surface area contributed by atoms with Crippen molar-refractivity contribution in [2.24, 2.45) is 10.9 Å². The number of ketones is 1. The molecular formula is C29H26BrFN6O. The van der Waals surface area contributed by atoms with Crippen LogP contribution in [0.15, 0.2) is 70.4 Å². The van der Waals surface area contributed by atoms with E-state index in [4.69, 9.17) is 9.98 Å². The van der Waals surface area contributed by atoms with E-state index in [-0.39, 0.29) is 17.5 Å². The van der Waals surface area contributed by atoms with Crippen molar-refractivity contribution in [1.29, 1.82) is 0 Å². The van der Waals surface area contributed by atoms with Gasteiger partial charge in [-0.1, -0.05) is 12.1 Å². The van der Waals surface area contributed by atoms with Crippen LogP contribution >= 0.6 is 15.9 Å². The summed E-state index contributed by atoms with van der Waals surface area (Å²) in [6, 6.07) is 16.4. The number of carbonyl (C=O) groups excluding carboxylic acids is 1. The highest BCUT2D eigenvalue weighted by Crippen LogP contribution is 2.35. The van der Waals surface area contributed by atoms with Crippen LogP contribution in [0, 0.1) is 11.7 Å². The first-order valence-corrected chi connectivity index (χ1v) is 13.4. The van der Waals surface area contributed by atoms with Crippen LogP contribution in [0.25, 0.3) is 11.3 Å². The van der Waals surface area contributed by atoms with Gasteiger partial charge in [-0.05, 0) is 84.7 Å². The zero-order valence-corrected chi connectivity index (χ0v) is 22.3. The molecule has 1 fully saturated rings. The van der Waals surface area contributed by atoms with Gasteiger partial charge in [0.15, 0.2) is 5.78 Å². The SMILES string of the molecule is CNC1CCC(C(=O)c2ccc(Nc3ncc4c(n3)-c3cc(Br)[nH]c3C(c3ccccc3F)=NC4)cc2)C1. The lowest BCUT2D eigenvalue weighted by atomic mass is 9.96. The third-order valence-electron chi connectivity index (χ3n) is 7.31. The highest BCUT2D eigenvalue weighted by atomic mass is 79.9. The maximum atomic E-state index is 14.7. The molecule has 2 atom stereocenters. The first-order chi connectivity index (χ1) is 18.5. The van der Waals surface area contributed by atoms with Crippen molar-refractivity contribution in [1.82, 2.24) is 20.3 Å². The van der Waals surface area contributed by atoms with Gasteiger partial charge in [-0.25, -0.2) is 14.4 Å². The Morgan fingerprint density at radius 3 is 2.68 bits per heavy atom. The summed E-state index contributed by atoms with van der Waals surface area (Å²) >= 11 is 3.52. The molecule has 1 saturated carbocycles. The second kappa shape index (κ2) is 10.2. The Labute approximate surface area is 228 Å². The summed E-state index contributed by atoms with van der Waals surface area (Å²) in [4.78, 5) is 30.2. The van der Waals surface area contributed by atoms with Crippen molar-refractivity contribution < 1.29 is 9.18 Å². The van der Waals surface area contributed by atoms with Crippen molar-refractivity contribution in [2.75, 3.05) is 12.4 Å². The Bertz CT molecular complexity index is 1550. The largest absolute Gasteiger partial charge is 0.347 e. The van der Waals surface area contributed by atoms with Crippen molar-refractivity contribution >= 4 is 39.1 Å². The van der Waals surface area contributed by atoms with Crippen LogP contribution in [0.1, 0.15) is 46.4 Å². The van der Waals surface area contributed by atoms with Crippen LogP contribution in [0.3, 0.4) is 0 Å². The van der Waals surface area contributed by atoms with E-state index < -0.39 is 0 Å². The van der Waals surface area contributed by atoms with Gasteiger partial charge in [0.25, 0.3) is 0 Å². The van der Waals surface area contributed by atoms with E-state index in [2.05, 4.69) is 36.5 Å². The van der Waals surface area contributed by atoms with Gasteiger partial charge in [0.2, 0.25) is 5.95 Å². The summed E-state index contributed by atoms with van der Waals surface area (Å²) in [6.45, 7) is 0.325. The van der Waals surface area contributed by atoms with Gasteiger partial charge >= 0.3 is 0 Å². The second-order valence-electron chi connectivity index (χ2n) is 9.68. The Kier molecular flexibility index (Phi) is 6.63. The minimum atomic E-state index is -0.334. The Hall–Kier alpha value is -3.69. The summed E-state index contributed by atoms with van der Waals surface area (Å²) in [5, 5.41) is 6.53. The summed E-state index contributed by atoms with van der Waals surface area (Å²) in [5.74, 6) is 0.365. The molecule has 7 nitrogen and oxygen atoms in total. The average Bonchev–Trinajstić information content (AvgIpc) is 3.54. The van der Waals surface area contributed by atoms with E-state index in [1.807, 2.05) is 37.4 Å². The number of aromatic amines is 1. The number of anilines is 2. The number of aliphatic imine (C=N–C) groups is 1. The molecule has 0 radical (unpaired) electrons. The monoisotopic (exact) mass is 572 g/mol. The summed E-state index contributed by atoms with van der Waals surface area (Å²) in [7, 11) is 1.95. The van der Waals surface area contributed by atoms with Crippen molar-refractivity contribution in [3.63, 3.8) is 0 Å². The fraction of sp³-hybridized carbons (Fsp3) is 0.241. The van der Waals surface area contributed by atoms with Crippen LogP contribution in [0.4, 0.5) is 16.0 Å². The molecule has 2 aliphatic rings. The number of carbonyl (C=O) groups is 1. The number of benzene rings is 2. The standard InChI is InChI=1S/C29H26BrFN6O/c1-32-20-11-8-17(12-20)28(38)16-6-9-19(10-7-16)35-29-34-15-18-14-33-26(21-4-2-3-5-23(21)31)27-22(25(18)37-29)13-24(30)36-27/h2-7,9-10,13,15,17,20,32,36H,8,11-12,14H2,1H3,(H,34,35,37). The van der Waals surface area contributed by atoms with Crippen LogP contribution in [-0.2, 0) is 6.54 Å². The predicted molar refractivity (Wildman–Crippen MR) is 150 cm³/mol. The van der Waals surface area contributed by atoms with E-state index in [9.17, 15) is 9.18 Å². The number of hydrogen-bond acceptors (Lipinski definition) is 6. The number of hydrogen-bond donors (Lipinski definition) is 3. The number of nitrogens with one attached hydrogen (secondary N) is 3. The van der Waals surface area contributed by atoms with Gasteiger partial charge in [0.1, 0.15) is 5.82 Å². The number of nitrogens with zero attached hydrogens (tertiary/aromatic N) is 3. The molecule has 0 saturated heterocycles. The van der Waals surface area contributed by atoms with Crippen molar-refractivity contribution in [3.8, 4) is 11.3 Å². The van der Waals surface area contributed by atoms with Gasteiger partial charge in [0.05, 0.1) is 28.2 Å². The van der Waals surface area contributed by atoms with Gasteiger partial charge in [-0.15, -0.1) is 0 Å². The molecule has 9 heteroatoms. The quantitative estimate of drug-likeness (QED) is 0.245. The maximum Gasteiger partial charge on any atom is 0.227 e. The van der Waals surface area contributed by atoms with Crippen molar-refractivity contribution in [3.05, 3.63) is 93.6 Å². The number of Topliss-reactive ketones (excluding diaryl/α,β-unsaturated/α-hetero) is 1. The molecule has 4 aromatic rings. The second-order valence-corrected chi connectivity index (χ2v) is 10.5. The molecule has 3 N–H and O–H groups in total. The Morgan fingerprint density at radius 1 is 1.11 bits per heavy atom. The molecule has 6 rings (SSSR count). The lowest BCUT2D eigenvalue weighted by Gasteiger charge is -2.12. The fourth-order valence-corrected chi connectivity index (χ4v) is 5.72. The maximum absolute atomic E-state index is 14.7. The number of halogens is 2. The third-order valence-corrected chi connectivity index (χ3v) is 7.74. The minimum Gasteiger partial charge on any atom is -0.347 e. The molecule has 2 unspecified atom stereocenters. The molecule has 0 spiro atoms. The van der Waals surface area contributed by atoms with E-state index >= 15 is 0 Å². The van der Waals surface area contributed by atoms with E-state index in [1.54, 1.807) is 24.4 Å². The average molecular weight is 573 g/mol. The topological polar surface area (TPSA) is 95.1 Å². The molecule has 1 aliphatic heterocycles. The Morgan fingerprint density at radius 2 is 1.92 bits per heavy atom. The fourth-order valence-electron chi connectivity index (χ4n) is 5.29. The van der Waals surface area contributed by atoms with Gasteiger partial charge in [0, 0.05) is 46.1 Å². The third kappa shape index (κ3) is 4.68. The summed E-state index contributed by atoms with van der Waals surface area (Å²) in [5.41, 5.74) is 5.55. The zero-order chi connectivity index (χ0) is 26.2. The van der Waals surface area contributed by atoms with E-state index in [1.165, 1.54) is 6.07 Å². The summed E-state index contributed by atoms with van der Waals surface area (Å²) < 4.78 is 15.4. The molecule has 192 valence electrons. The molecule has 0 amide bonds. The highest BCUT2D eigenvalue weighted by molar-refractivity contribution is 9.10. The molecule has 2 aromatic heterocycles. The smallest absolute Gasteiger partial charge is 0.227 e. The lowest BCUT2D eigenvalue weighted by Crippen LogP contribution is -2.22. The lowest BCUT2D eigenvalue weighted by molar-refractivity contribution is 0.0921. The van der Waals surface area contributed by atoms with E-state index in [0.29, 0.717) is 35.5 Å². The van der Waals surface area contributed by atoms with E-state index in [0.717, 1.165) is 51.9 Å². The molecule has 3 heterocycles. The summed E-state index contributed by atoms with van der Waals surface area (Å²) in [6.07, 6.45) is 4.60. The first kappa shape index (κ1) is 24.6. The molecule has 0 bridgehead atoms.